The van der Waals surface area contributed by atoms with Crippen LogP contribution >= 0.6 is 0 Å². The van der Waals surface area contributed by atoms with Crippen molar-refractivity contribution >= 4 is 23.3 Å². The number of amides is 2. The van der Waals surface area contributed by atoms with Gasteiger partial charge < -0.3 is 11.1 Å². The standard InChI is InChI=1S/C9H12N4O3/c1-6(14)2-9(16)12-7-3-11-13(4-7)5-8(10)15/h3-4H,2,5H2,1H3,(H2,10,15)(H,12,16). The summed E-state index contributed by atoms with van der Waals surface area (Å²) in [4.78, 5) is 32.4. The maximum Gasteiger partial charge on any atom is 0.239 e. The second-order valence-corrected chi connectivity index (χ2v) is 3.32. The fourth-order valence-electron chi connectivity index (χ4n) is 1.11. The van der Waals surface area contributed by atoms with Gasteiger partial charge in [-0.1, -0.05) is 0 Å². The zero-order valence-corrected chi connectivity index (χ0v) is 8.77. The van der Waals surface area contributed by atoms with Gasteiger partial charge in [-0.3, -0.25) is 19.1 Å². The second-order valence-electron chi connectivity index (χ2n) is 3.32. The first kappa shape index (κ1) is 11.9. The van der Waals surface area contributed by atoms with Gasteiger partial charge in [0.25, 0.3) is 0 Å². The number of carbonyl (C=O) groups is 3. The predicted molar refractivity (Wildman–Crippen MR) is 55.3 cm³/mol. The first-order valence-electron chi connectivity index (χ1n) is 4.57. The summed E-state index contributed by atoms with van der Waals surface area (Å²) in [5.74, 6) is -1.15. The van der Waals surface area contributed by atoms with Crippen molar-refractivity contribution in [1.82, 2.24) is 9.78 Å². The molecular formula is C9H12N4O3. The Morgan fingerprint density at radius 3 is 2.75 bits per heavy atom. The van der Waals surface area contributed by atoms with Gasteiger partial charge in [-0.25, -0.2) is 0 Å². The van der Waals surface area contributed by atoms with E-state index in [1.807, 2.05) is 0 Å². The molecule has 16 heavy (non-hydrogen) atoms. The van der Waals surface area contributed by atoms with Gasteiger partial charge in [-0.2, -0.15) is 5.10 Å². The van der Waals surface area contributed by atoms with Crippen LogP contribution in [-0.4, -0.2) is 27.4 Å². The van der Waals surface area contributed by atoms with Crippen molar-refractivity contribution in [1.29, 1.82) is 0 Å². The van der Waals surface area contributed by atoms with E-state index >= 15 is 0 Å². The Kier molecular flexibility index (Phi) is 3.76. The Morgan fingerprint density at radius 2 is 2.19 bits per heavy atom. The Hall–Kier alpha value is -2.18. The minimum absolute atomic E-state index is 0.0530. The summed E-state index contributed by atoms with van der Waals surface area (Å²) in [6, 6.07) is 0. The molecule has 1 aromatic rings. The normalized spacial score (nSPS) is 9.81. The molecule has 0 radical (unpaired) electrons. The number of carbonyl (C=O) groups excluding carboxylic acids is 3. The number of nitrogens with zero attached hydrogens (tertiary/aromatic N) is 2. The second kappa shape index (κ2) is 5.06. The zero-order chi connectivity index (χ0) is 12.1. The number of hydrogen-bond donors (Lipinski definition) is 2. The lowest BCUT2D eigenvalue weighted by molar-refractivity contribution is -0.124. The van der Waals surface area contributed by atoms with E-state index < -0.39 is 11.8 Å². The van der Waals surface area contributed by atoms with Gasteiger partial charge in [-0.15, -0.1) is 0 Å². The molecule has 0 spiro atoms. The highest BCUT2D eigenvalue weighted by Gasteiger charge is 2.07. The predicted octanol–water partition coefficient (Wildman–Crippen LogP) is -0.714. The Balaban J connectivity index is 2.55. The lowest BCUT2D eigenvalue weighted by Gasteiger charge is -1.99. The quantitative estimate of drug-likeness (QED) is 0.644. The molecule has 3 N–H and O–H groups in total. The van der Waals surface area contributed by atoms with Crippen LogP contribution in [0.5, 0.6) is 0 Å². The molecule has 1 rings (SSSR count). The molecule has 0 aromatic carbocycles. The average Bonchev–Trinajstić information content (AvgIpc) is 2.49. The average molecular weight is 224 g/mol. The first-order valence-corrected chi connectivity index (χ1v) is 4.57. The summed E-state index contributed by atoms with van der Waals surface area (Å²) in [7, 11) is 0. The van der Waals surface area contributed by atoms with E-state index in [0.29, 0.717) is 5.69 Å². The number of nitrogens with one attached hydrogen (secondary N) is 1. The van der Waals surface area contributed by atoms with E-state index in [-0.39, 0.29) is 18.7 Å². The summed E-state index contributed by atoms with van der Waals surface area (Å²) in [5.41, 5.74) is 5.39. The molecule has 0 aliphatic rings. The van der Waals surface area contributed by atoms with Crippen LogP contribution in [-0.2, 0) is 20.9 Å². The van der Waals surface area contributed by atoms with E-state index in [1.165, 1.54) is 24.0 Å². The van der Waals surface area contributed by atoms with E-state index in [9.17, 15) is 14.4 Å². The monoisotopic (exact) mass is 224 g/mol. The van der Waals surface area contributed by atoms with Gasteiger partial charge in [0.2, 0.25) is 11.8 Å². The van der Waals surface area contributed by atoms with Gasteiger partial charge in [0.15, 0.2) is 0 Å². The number of ketones is 1. The van der Waals surface area contributed by atoms with E-state index in [4.69, 9.17) is 5.73 Å². The number of nitrogens with two attached hydrogens (primary N) is 1. The van der Waals surface area contributed by atoms with Gasteiger partial charge >= 0.3 is 0 Å². The molecule has 7 nitrogen and oxygen atoms in total. The van der Waals surface area contributed by atoms with Crippen LogP contribution in [0.1, 0.15) is 13.3 Å². The molecule has 1 heterocycles. The molecule has 7 heteroatoms. The third-order valence-electron chi connectivity index (χ3n) is 1.64. The number of anilines is 1. The van der Waals surface area contributed by atoms with Crippen LogP contribution in [0.4, 0.5) is 5.69 Å². The van der Waals surface area contributed by atoms with E-state index in [2.05, 4.69) is 10.4 Å². The van der Waals surface area contributed by atoms with Crippen molar-refractivity contribution in [2.75, 3.05) is 5.32 Å². The molecule has 86 valence electrons. The molecule has 0 aliphatic heterocycles. The third-order valence-corrected chi connectivity index (χ3v) is 1.64. The maximum atomic E-state index is 11.2. The molecule has 0 atom stereocenters. The largest absolute Gasteiger partial charge is 0.368 e. The lowest BCUT2D eigenvalue weighted by atomic mass is 10.3. The molecular weight excluding hydrogens is 212 g/mol. The molecule has 2 amide bonds. The van der Waals surface area contributed by atoms with E-state index in [0.717, 1.165) is 0 Å². The summed E-state index contributed by atoms with van der Waals surface area (Å²) in [6.45, 7) is 1.28. The van der Waals surface area contributed by atoms with Crippen LogP contribution in [0.2, 0.25) is 0 Å². The van der Waals surface area contributed by atoms with Gasteiger partial charge in [-0.05, 0) is 6.92 Å². The van der Waals surface area contributed by atoms with Crippen LogP contribution in [0, 0.1) is 0 Å². The number of hydrogen-bond acceptors (Lipinski definition) is 4. The van der Waals surface area contributed by atoms with Crippen LogP contribution in [0.15, 0.2) is 12.4 Å². The van der Waals surface area contributed by atoms with Crippen LogP contribution < -0.4 is 11.1 Å². The fourth-order valence-corrected chi connectivity index (χ4v) is 1.11. The highest BCUT2D eigenvalue weighted by Crippen LogP contribution is 2.05. The zero-order valence-electron chi connectivity index (χ0n) is 8.77. The smallest absolute Gasteiger partial charge is 0.239 e. The summed E-state index contributed by atoms with van der Waals surface area (Å²) in [6.07, 6.45) is 2.66. The minimum Gasteiger partial charge on any atom is -0.368 e. The topological polar surface area (TPSA) is 107 Å². The molecule has 0 saturated carbocycles. The molecule has 1 aromatic heterocycles. The Bertz CT molecular complexity index is 424. The van der Waals surface area contributed by atoms with Crippen LogP contribution in [0.3, 0.4) is 0 Å². The molecule has 0 bridgehead atoms. The van der Waals surface area contributed by atoms with Gasteiger partial charge in [0.1, 0.15) is 12.3 Å². The first-order chi connectivity index (χ1) is 7.47. The van der Waals surface area contributed by atoms with Crippen molar-refractivity contribution in [3.8, 4) is 0 Å². The number of rotatable bonds is 5. The SMILES string of the molecule is CC(=O)CC(=O)Nc1cnn(CC(N)=O)c1. The molecule has 0 fully saturated rings. The van der Waals surface area contributed by atoms with E-state index in [1.54, 1.807) is 0 Å². The summed E-state index contributed by atoms with van der Waals surface area (Å²) >= 11 is 0. The number of primary amides is 1. The van der Waals surface area contributed by atoms with Crippen LogP contribution in [0.25, 0.3) is 0 Å². The number of Topliss-reactive ketones (excluding diaryl/α,β-unsaturated/α-hetero) is 1. The minimum atomic E-state index is -0.523. The summed E-state index contributed by atoms with van der Waals surface area (Å²) < 4.78 is 1.30. The van der Waals surface area contributed by atoms with Crippen molar-refractivity contribution in [3.63, 3.8) is 0 Å². The number of aromatic nitrogens is 2. The van der Waals surface area contributed by atoms with Crippen molar-refractivity contribution in [2.24, 2.45) is 5.73 Å². The molecule has 0 unspecified atom stereocenters. The Labute approximate surface area is 91.6 Å². The Morgan fingerprint density at radius 1 is 1.50 bits per heavy atom. The molecule has 0 aliphatic carbocycles. The van der Waals surface area contributed by atoms with Gasteiger partial charge in [0, 0.05) is 6.20 Å². The highest BCUT2D eigenvalue weighted by molar-refractivity contribution is 6.03. The van der Waals surface area contributed by atoms with Crippen molar-refractivity contribution in [3.05, 3.63) is 12.4 Å². The van der Waals surface area contributed by atoms with Crippen molar-refractivity contribution < 1.29 is 14.4 Å². The van der Waals surface area contributed by atoms with Gasteiger partial charge in [0.05, 0.1) is 18.3 Å². The maximum absolute atomic E-state index is 11.2. The highest BCUT2D eigenvalue weighted by atomic mass is 16.2. The third kappa shape index (κ3) is 3.91. The summed E-state index contributed by atoms with van der Waals surface area (Å²) in [5, 5.41) is 6.28. The lowest BCUT2D eigenvalue weighted by Crippen LogP contribution is -2.18. The fraction of sp³-hybridized carbons (Fsp3) is 0.333. The molecule has 0 saturated heterocycles. The van der Waals surface area contributed by atoms with Crippen molar-refractivity contribution in [2.45, 2.75) is 19.9 Å².